The van der Waals surface area contributed by atoms with Crippen molar-refractivity contribution in [1.29, 1.82) is 0 Å². The number of rotatable bonds is 5. The highest BCUT2D eigenvalue weighted by Gasteiger charge is 2.40. The molecule has 2 aliphatic heterocycles. The lowest BCUT2D eigenvalue weighted by Gasteiger charge is -2.30. The zero-order valence-corrected chi connectivity index (χ0v) is 17.8. The van der Waals surface area contributed by atoms with Gasteiger partial charge < -0.3 is 16.4 Å². The van der Waals surface area contributed by atoms with E-state index >= 15 is 0 Å². The first-order valence-electron chi connectivity index (χ1n) is 9.75. The molecule has 0 bridgehead atoms. The van der Waals surface area contributed by atoms with E-state index in [0.717, 1.165) is 12.1 Å². The van der Waals surface area contributed by atoms with Gasteiger partial charge in [-0.15, -0.1) is 0 Å². The van der Waals surface area contributed by atoms with Gasteiger partial charge in [-0.2, -0.15) is 17.5 Å². The number of halogens is 3. The predicted octanol–water partition coefficient (Wildman–Crippen LogP) is 2.18. The van der Waals surface area contributed by atoms with Crippen LogP contribution in [0, 0.1) is 6.92 Å². The number of nitrogens with two attached hydrogens (primary N) is 1. The standard InChI is InChI=1S/C19H23F3N6O2S/c1-10(12-3-13(19(20,21)22)5-14(23)4-12)25-18-16-8-28(9-17(16)26-11(2)27-18)31(29,30)15-6-24-7-15/h3-5,10,15,24H,6-9,23H2,1-2H3,(H,25,26,27)/t10-/m1/s1. The Morgan fingerprint density at radius 2 is 1.94 bits per heavy atom. The summed E-state index contributed by atoms with van der Waals surface area (Å²) < 4.78 is 66.4. The maximum Gasteiger partial charge on any atom is 0.416 e. The van der Waals surface area contributed by atoms with Crippen molar-refractivity contribution in [3.8, 4) is 0 Å². The Bertz CT molecular complexity index is 1120. The molecule has 0 aliphatic carbocycles. The van der Waals surface area contributed by atoms with Gasteiger partial charge in [-0.25, -0.2) is 18.4 Å². The van der Waals surface area contributed by atoms with Crippen LogP contribution in [0.4, 0.5) is 24.7 Å². The fourth-order valence-corrected chi connectivity index (χ4v) is 5.40. The van der Waals surface area contributed by atoms with Crippen molar-refractivity contribution >= 4 is 21.5 Å². The van der Waals surface area contributed by atoms with Crippen LogP contribution in [-0.4, -0.2) is 41.0 Å². The van der Waals surface area contributed by atoms with Crippen LogP contribution in [0.3, 0.4) is 0 Å². The van der Waals surface area contributed by atoms with Gasteiger partial charge in [0.25, 0.3) is 0 Å². The minimum atomic E-state index is -4.51. The normalized spacial score (nSPS) is 18.5. The van der Waals surface area contributed by atoms with Crippen molar-refractivity contribution in [3.63, 3.8) is 0 Å². The van der Waals surface area contributed by atoms with Crippen LogP contribution in [0.15, 0.2) is 18.2 Å². The molecule has 31 heavy (non-hydrogen) atoms. The Kier molecular flexibility index (Phi) is 5.34. The summed E-state index contributed by atoms with van der Waals surface area (Å²) >= 11 is 0. The van der Waals surface area contributed by atoms with E-state index in [1.165, 1.54) is 10.4 Å². The first kappa shape index (κ1) is 21.8. The molecule has 0 saturated carbocycles. The molecule has 1 fully saturated rings. The van der Waals surface area contributed by atoms with Crippen LogP contribution in [0.2, 0.25) is 0 Å². The highest BCUT2D eigenvalue weighted by Crippen LogP contribution is 2.35. The molecule has 4 rings (SSSR count). The summed E-state index contributed by atoms with van der Waals surface area (Å²) in [5.41, 5.74) is 6.44. The van der Waals surface area contributed by atoms with Crippen molar-refractivity contribution in [1.82, 2.24) is 19.6 Å². The second-order valence-electron chi connectivity index (χ2n) is 7.89. The Morgan fingerprint density at radius 1 is 1.23 bits per heavy atom. The molecule has 1 atom stereocenters. The third-order valence-corrected chi connectivity index (χ3v) is 7.70. The van der Waals surface area contributed by atoms with Gasteiger partial charge in [0.2, 0.25) is 10.0 Å². The van der Waals surface area contributed by atoms with E-state index in [9.17, 15) is 21.6 Å². The second-order valence-corrected chi connectivity index (χ2v) is 10.1. The first-order chi connectivity index (χ1) is 14.4. The van der Waals surface area contributed by atoms with Crippen molar-refractivity contribution < 1.29 is 21.6 Å². The highest BCUT2D eigenvalue weighted by molar-refractivity contribution is 7.89. The van der Waals surface area contributed by atoms with Crippen LogP contribution in [0.5, 0.6) is 0 Å². The molecule has 168 valence electrons. The van der Waals surface area contributed by atoms with E-state index in [0.29, 0.717) is 41.6 Å². The number of hydrogen-bond donors (Lipinski definition) is 3. The molecular formula is C19H23F3N6O2S. The third-order valence-electron chi connectivity index (χ3n) is 5.55. The van der Waals surface area contributed by atoms with Gasteiger partial charge in [0.15, 0.2) is 0 Å². The molecule has 0 amide bonds. The van der Waals surface area contributed by atoms with Crippen molar-refractivity contribution in [3.05, 3.63) is 46.4 Å². The second kappa shape index (κ2) is 7.61. The number of nitrogen functional groups attached to an aromatic ring is 1. The summed E-state index contributed by atoms with van der Waals surface area (Å²) in [4.78, 5) is 8.77. The van der Waals surface area contributed by atoms with E-state index in [2.05, 4.69) is 20.6 Å². The Labute approximate surface area is 178 Å². The maximum absolute atomic E-state index is 13.2. The number of benzene rings is 1. The minimum absolute atomic E-state index is 0.00829. The molecule has 0 spiro atoms. The molecule has 1 aromatic carbocycles. The lowest BCUT2D eigenvalue weighted by molar-refractivity contribution is -0.137. The number of nitrogens with one attached hydrogen (secondary N) is 2. The fraction of sp³-hybridized carbons (Fsp3) is 0.474. The van der Waals surface area contributed by atoms with Crippen LogP contribution in [-0.2, 0) is 29.3 Å². The largest absolute Gasteiger partial charge is 0.416 e. The fourth-order valence-electron chi connectivity index (χ4n) is 3.71. The molecular weight excluding hydrogens is 433 g/mol. The SMILES string of the molecule is Cc1nc2c(c(N[C@H](C)c3cc(N)cc(C(F)(F)F)c3)n1)CN(S(=O)(=O)C1CNC1)C2. The summed E-state index contributed by atoms with van der Waals surface area (Å²) in [6.07, 6.45) is -4.51. The smallest absolute Gasteiger partial charge is 0.399 e. The molecule has 3 heterocycles. The summed E-state index contributed by atoms with van der Waals surface area (Å²) in [5, 5.41) is 5.63. The molecule has 2 aliphatic rings. The van der Waals surface area contributed by atoms with Crippen LogP contribution >= 0.6 is 0 Å². The molecule has 2 aromatic rings. The van der Waals surface area contributed by atoms with Crippen molar-refractivity contribution in [2.75, 3.05) is 24.1 Å². The molecule has 0 radical (unpaired) electrons. The quantitative estimate of drug-likeness (QED) is 0.591. The number of alkyl halides is 3. The van der Waals surface area contributed by atoms with E-state index in [1.54, 1.807) is 13.8 Å². The Balaban J connectivity index is 1.61. The third kappa shape index (κ3) is 4.19. The topological polar surface area (TPSA) is 113 Å². The zero-order chi connectivity index (χ0) is 22.6. The van der Waals surface area contributed by atoms with Gasteiger partial charge in [0.1, 0.15) is 16.9 Å². The van der Waals surface area contributed by atoms with Gasteiger partial charge >= 0.3 is 6.18 Å². The highest BCUT2D eigenvalue weighted by atomic mass is 32.2. The van der Waals surface area contributed by atoms with Gasteiger partial charge in [0, 0.05) is 30.9 Å². The number of nitrogens with zero attached hydrogens (tertiary/aromatic N) is 3. The van der Waals surface area contributed by atoms with Crippen LogP contribution < -0.4 is 16.4 Å². The lowest BCUT2D eigenvalue weighted by Crippen LogP contribution is -2.55. The summed E-state index contributed by atoms with van der Waals surface area (Å²) in [7, 11) is -3.47. The number of aryl methyl sites for hydroxylation is 1. The number of hydrogen-bond acceptors (Lipinski definition) is 7. The first-order valence-corrected chi connectivity index (χ1v) is 11.3. The van der Waals surface area contributed by atoms with Crippen LogP contribution in [0.1, 0.15) is 41.2 Å². The summed E-state index contributed by atoms with van der Waals surface area (Å²) in [6.45, 7) is 4.48. The molecule has 1 aromatic heterocycles. The average Bonchev–Trinajstić information content (AvgIpc) is 3.03. The molecule has 8 nitrogen and oxygen atoms in total. The van der Waals surface area contributed by atoms with Gasteiger partial charge in [-0.05, 0) is 37.6 Å². The summed E-state index contributed by atoms with van der Waals surface area (Å²) in [5.74, 6) is 0.858. The summed E-state index contributed by atoms with van der Waals surface area (Å²) in [6, 6.07) is 2.86. The Hall–Kier alpha value is -2.44. The van der Waals surface area contributed by atoms with E-state index in [-0.39, 0.29) is 18.8 Å². The molecule has 0 unspecified atom stereocenters. The maximum atomic E-state index is 13.2. The zero-order valence-electron chi connectivity index (χ0n) is 17.0. The molecule has 12 heteroatoms. The van der Waals surface area contributed by atoms with Gasteiger partial charge in [-0.3, -0.25) is 0 Å². The van der Waals surface area contributed by atoms with Gasteiger partial charge in [0.05, 0.1) is 23.8 Å². The lowest BCUT2D eigenvalue weighted by atomic mass is 10.0. The molecule has 1 saturated heterocycles. The number of sulfonamides is 1. The average molecular weight is 456 g/mol. The predicted molar refractivity (Wildman–Crippen MR) is 109 cm³/mol. The van der Waals surface area contributed by atoms with Crippen LogP contribution in [0.25, 0.3) is 0 Å². The van der Waals surface area contributed by atoms with Gasteiger partial charge in [-0.1, -0.05) is 0 Å². The van der Waals surface area contributed by atoms with Crippen molar-refractivity contribution in [2.45, 2.75) is 44.4 Å². The van der Waals surface area contributed by atoms with E-state index < -0.39 is 33.1 Å². The number of anilines is 2. The van der Waals surface area contributed by atoms with E-state index in [1.807, 2.05) is 0 Å². The number of fused-ring (bicyclic) bond motifs is 1. The monoisotopic (exact) mass is 456 g/mol. The van der Waals surface area contributed by atoms with E-state index in [4.69, 9.17) is 5.73 Å². The minimum Gasteiger partial charge on any atom is -0.399 e. The van der Waals surface area contributed by atoms with Crippen molar-refractivity contribution in [2.24, 2.45) is 0 Å². The molecule has 4 N–H and O–H groups in total. The number of aromatic nitrogens is 2. The Morgan fingerprint density at radius 3 is 2.55 bits per heavy atom.